The van der Waals surface area contributed by atoms with Crippen molar-refractivity contribution in [3.63, 3.8) is 0 Å². The van der Waals surface area contributed by atoms with Gasteiger partial charge in [0.2, 0.25) is 0 Å². The molecule has 7 heteroatoms. The van der Waals surface area contributed by atoms with Crippen LogP contribution in [-0.2, 0) is 0 Å². The third-order valence-corrected chi connectivity index (χ3v) is 4.53. The van der Waals surface area contributed by atoms with E-state index in [1.54, 1.807) is 36.2 Å². The molecular formula is C14H17N3O3S. The van der Waals surface area contributed by atoms with Gasteiger partial charge in [-0.25, -0.2) is 4.98 Å². The minimum atomic E-state index is -0.430. The van der Waals surface area contributed by atoms with Gasteiger partial charge in [0.1, 0.15) is 5.52 Å². The number of fused-ring (bicyclic) bond motifs is 1. The van der Waals surface area contributed by atoms with Crippen LogP contribution in [0.5, 0.6) is 0 Å². The second kappa shape index (κ2) is 6.73. The van der Waals surface area contributed by atoms with E-state index in [2.05, 4.69) is 10.3 Å². The van der Waals surface area contributed by atoms with E-state index < -0.39 is 4.92 Å². The van der Waals surface area contributed by atoms with Crippen LogP contribution in [0.15, 0.2) is 30.5 Å². The van der Waals surface area contributed by atoms with Crippen LogP contribution in [0.2, 0.25) is 0 Å². The first kappa shape index (κ1) is 15.5. The standard InChI is InChI=1S/C14H17N3O3S/c1-9(13(8-18)21-2)16-11-5-6-12(17(19)20)14-10(11)4-3-7-15-14/h3-7,9,13,16,18H,8H2,1-2H3. The summed E-state index contributed by atoms with van der Waals surface area (Å²) in [5, 5.41) is 24.5. The molecule has 0 aliphatic heterocycles. The van der Waals surface area contributed by atoms with Gasteiger partial charge >= 0.3 is 0 Å². The predicted octanol–water partition coefficient (Wildman–Crippen LogP) is 2.67. The summed E-state index contributed by atoms with van der Waals surface area (Å²) in [5.74, 6) is 0. The highest BCUT2D eigenvalue weighted by atomic mass is 32.2. The number of thioether (sulfide) groups is 1. The number of hydrogen-bond acceptors (Lipinski definition) is 6. The number of non-ortho nitro benzene ring substituents is 1. The molecule has 2 rings (SSSR count). The Morgan fingerprint density at radius 1 is 1.48 bits per heavy atom. The Bertz CT molecular complexity index is 646. The smallest absolute Gasteiger partial charge is 0.295 e. The topological polar surface area (TPSA) is 88.3 Å². The molecule has 2 unspecified atom stereocenters. The molecule has 21 heavy (non-hydrogen) atoms. The highest BCUT2D eigenvalue weighted by Gasteiger charge is 2.19. The monoisotopic (exact) mass is 307 g/mol. The number of aromatic nitrogens is 1. The van der Waals surface area contributed by atoms with Crippen LogP contribution >= 0.6 is 11.8 Å². The maximum atomic E-state index is 11.1. The van der Waals surface area contributed by atoms with Crippen molar-refractivity contribution < 1.29 is 10.0 Å². The fraction of sp³-hybridized carbons (Fsp3) is 0.357. The molecule has 1 heterocycles. The number of pyridine rings is 1. The van der Waals surface area contributed by atoms with Crippen molar-refractivity contribution in [1.29, 1.82) is 0 Å². The number of hydrogen-bond donors (Lipinski definition) is 2. The Morgan fingerprint density at radius 2 is 2.24 bits per heavy atom. The zero-order valence-electron chi connectivity index (χ0n) is 11.8. The van der Waals surface area contributed by atoms with E-state index in [1.807, 2.05) is 13.2 Å². The number of benzene rings is 1. The van der Waals surface area contributed by atoms with Crippen molar-refractivity contribution in [1.82, 2.24) is 4.98 Å². The highest BCUT2D eigenvalue weighted by molar-refractivity contribution is 7.99. The van der Waals surface area contributed by atoms with Gasteiger partial charge in [0.25, 0.3) is 5.69 Å². The van der Waals surface area contributed by atoms with Gasteiger partial charge < -0.3 is 10.4 Å². The average Bonchev–Trinajstić information content (AvgIpc) is 2.48. The third-order valence-electron chi connectivity index (χ3n) is 3.37. The molecule has 0 radical (unpaired) electrons. The van der Waals surface area contributed by atoms with Gasteiger partial charge in [-0.2, -0.15) is 11.8 Å². The van der Waals surface area contributed by atoms with Gasteiger partial charge in [-0.3, -0.25) is 10.1 Å². The van der Waals surface area contributed by atoms with Crippen LogP contribution in [-0.4, -0.2) is 39.2 Å². The lowest BCUT2D eigenvalue weighted by atomic mass is 10.1. The number of nitrogens with one attached hydrogen (secondary N) is 1. The molecule has 2 aromatic rings. The molecule has 0 fully saturated rings. The average molecular weight is 307 g/mol. The van der Waals surface area contributed by atoms with Crippen LogP contribution in [0.3, 0.4) is 0 Å². The van der Waals surface area contributed by atoms with Gasteiger partial charge in [0, 0.05) is 34.6 Å². The maximum Gasteiger partial charge on any atom is 0.295 e. The minimum absolute atomic E-state index is 0.00706. The van der Waals surface area contributed by atoms with Gasteiger partial charge in [0.15, 0.2) is 0 Å². The Hall–Kier alpha value is -1.86. The second-order valence-electron chi connectivity index (χ2n) is 4.68. The van der Waals surface area contributed by atoms with Gasteiger partial charge in [-0.05, 0) is 31.4 Å². The lowest BCUT2D eigenvalue weighted by Gasteiger charge is -2.23. The van der Waals surface area contributed by atoms with E-state index in [0.717, 1.165) is 5.69 Å². The minimum Gasteiger partial charge on any atom is -0.395 e. The van der Waals surface area contributed by atoms with Crippen molar-refractivity contribution in [2.24, 2.45) is 0 Å². The lowest BCUT2D eigenvalue weighted by Crippen LogP contribution is -2.31. The Kier molecular flexibility index (Phi) is 4.98. The number of nitro groups is 1. The second-order valence-corrected chi connectivity index (χ2v) is 5.76. The molecule has 0 bridgehead atoms. The first-order chi connectivity index (χ1) is 10.1. The summed E-state index contributed by atoms with van der Waals surface area (Å²) in [6.07, 6.45) is 3.48. The number of anilines is 1. The fourth-order valence-corrected chi connectivity index (χ4v) is 2.83. The van der Waals surface area contributed by atoms with Crippen molar-refractivity contribution in [2.75, 3.05) is 18.2 Å². The summed E-state index contributed by atoms with van der Waals surface area (Å²) in [5.41, 5.74) is 1.14. The number of rotatable bonds is 6. The van der Waals surface area contributed by atoms with Gasteiger partial charge in [-0.15, -0.1) is 0 Å². The van der Waals surface area contributed by atoms with Crippen LogP contribution in [0.25, 0.3) is 10.9 Å². The molecule has 6 nitrogen and oxygen atoms in total. The van der Waals surface area contributed by atoms with Crippen LogP contribution < -0.4 is 5.32 Å². The maximum absolute atomic E-state index is 11.1. The van der Waals surface area contributed by atoms with Crippen LogP contribution in [0.4, 0.5) is 11.4 Å². The molecule has 2 atom stereocenters. The molecule has 1 aromatic heterocycles. The normalized spacial score (nSPS) is 13.9. The molecular weight excluding hydrogens is 290 g/mol. The van der Waals surface area contributed by atoms with Crippen molar-refractivity contribution in [2.45, 2.75) is 18.2 Å². The van der Waals surface area contributed by atoms with Gasteiger partial charge in [0.05, 0.1) is 11.5 Å². The Balaban J connectivity index is 2.42. The van der Waals surface area contributed by atoms with E-state index >= 15 is 0 Å². The predicted molar refractivity (Wildman–Crippen MR) is 85.9 cm³/mol. The molecule has 0 saturated carbocycles. The lowest BCUT2D eigenvalue weighted by molar-refractivity contribution is -0.383. The van der Waals surface area contributed by atoms with E-state index in [9.17, 15) is 15.2 Å². The summed E-state index contributed by atoms with van der Waals surface area (Å²) < 4.78 is 0. The highest BCUT2D eigenvalue weighted by Crippen LogP contribution is 2.30. The largest absolute Gasteiger partial charge is 0.395 e. The summed E-state index contributed by atoms with van der Waals surface area (Å²) in [7, 11) is 0. The molecule has 0 spiro atoms. The molecule has 0 aliphatic carbocycles. The Labute approximate surface area is 126 Å². The van der Waals surface area contributed by atoms with E-state index in [4.69, 9.17) is 0 Å². The van der Waals surface area contributed by atoms with Gasteiger partial charge in [-0.1, -0.05) is 0 Å². The van der Waals surface area contributed by atoms with Crippen LogP contribution in [0, 0.1) is 10.1 Å². The summed E-state index contributed by atoms with van der Waals surface area (Å²) >= 11 is 1.57. The Morgan fingerprint density at radius 3 is 2.86 bits per heavy atom. The zero-order chi connectivity index (χ0) is 15.4. The number of aliphatic hydroxyl groups excluding tert-OH is 1. The molecule has 2 N–H and O–H groups in total. The van der Waals surface area contributed by atoms with Crippen LogP contribution in [0.1, 0.15) is 6.92 Å². The van der Waals surface area contributed by atoms with E-state index in [-0.39, 0.29) is 23.6 Å². The zero-order valence-corrected chi connectivity index (χ0v) is 12.6. The van der Waals surface area contributed by atoms with E-state index in [0.29, 0.717) is 10.9 Å². The first-order valence-corrected chi connectivity index (χ1v) is 7.79. The molecule has 0 aliphatic rings. The molecule has 0 saturated heterocycles. The third kappa shape index (κ3) is 3.25. The fourth-order valence-electron chi connectivity index (χ4n) is 2.21. The number of nitrogens with zero attached hydrogens (tertiary/aromatic N) is 2. The first-order valence-electron chi connectivity index (χ1n) is 6.50. The summed E-state index contributed by atoms with van der Waals surface area (Å²) in [4.78, 5) is 14.7. The summed E-state index contributed by atoms with van der Waals surface area (Å²) in [6, 6.07) is 6.72. The van der Waals surface area contributed by atoms with Crippen molar-refractivity contribution >= 4 is 34.0 Å². The number of nitro benzene ring substituents is 1. The molecule has 112 valence electrons. The SMILES string of the molecule is CSC(CO)C(C)Nc1ccc([N+](=O)[O-])c2ncccc12. The van der Waals surface area contributed by atoms with Crippen molar-refractivity contribution in [3.05, 3.63) is 40.6 Å². The quantitative estimate of drug-likeness (QED) is 0.630. The summed E-state index contributed by atoms with van der Waals surface area (Å²) in [6.45, 7) is 2.04. The van der Waals surface area contributed by atoms with E-state index in [1.165, 1.54) is 6.07 Å². The molecule has 0 amide bonds. The number of aliphatic hydroxyl groups is 1. The van der Waals surface area contributed by atoms with Crippen molar-refractivity contribution in [3.8, 4) is 0 Å². The molecule has 1 aromatic carbocycles.